The quantitative estimate of drug-likeness (QED) is 0.265. The fraction of sp³-hybridized carbons (Fsp3) is 0.154. The number of amides is 3. The van der Waals surface area contributed by atoms with Crippen LogP contribution in [0.15, 0.2) is 75.3 Å². The lowest BCUT2D eigenvalue weighted by Gasteiger charge is -2.13. The SMILES string of the molecule is COc1cc(/C=C2/NC(=O)N(Cc3cccc(C)c3)C2=O)c(Br)cc1OCc1ccc(Br)cc1. The molecule has 0 spiro atoms. The number of nitrogens with zero attached hydrogens (tertiary/aromatic N) is 1. The van der Waals surface area contributed by atoms with Crippen LogP contribution in [-0.2, 0) is 17.9 Å². The topological polar surface area (TPSA) is 67.9 Å². The Bertz CT molecular complexity index is 1270. The maximum absolute atomic E-state index is 12.9. The summed E-state index contributed by atoms with van der Waals surface area (Å²) in [6.45, 7) is 2.55. The van der Waals surface area contributed by atoms with Crippen LogP contribution in [0.2, 0.25) is 0 Å². The molecular formula is C26H22Br2N2O4. The Morgan fingerprint density at radius 2 is 1.74 bits per heavy atom. The first-order chi connectivity index (χ1) is 16.3. The summed E-state index contributed by atoms with van der Waals surface area (Å²) < 4.78 is 13.2. The van der Waals surface area contributed by atoms with Crippen LogP contribution in [0, 0.1) is 6.92 Å². The fourth-order valence-corrected chi connectivity index (χ4v) is 4.24. The van der Waals surface area contributed by atoms with Gasteiger partial charge in [0.05, 0.1) is 13.7 Å². The van der Waals surface area contributed by atoms with Gasteiger partial charge in [-0.15, -0.1) is 0 Å². The molecule has 1 aliphatic rings. The van der Waals surface area contributed by atoms with Crippen LogP contribution < -0.4 is 14.8 Å². The van der Waals surface area contributed by atoms with E-state index in [1.54, 1.807) is 25.3 Å². The van der Waals surface area contributed by atoms with Gasteiger partial charge in [0.25, 0.3) is 5.91 Å². The van der Waals surface area contributed by atoms with E-state index >= 15 is 0 Å². The molecule has 174 valence electrons. The first kappa shape index (κ1) is 24.0. The minimum absolute atomic E-state index is 0.198. The highest BCUT2D eigenvalue weighted by Crippen LogP contribution is 2.35. The molecule has 1 fully saturated rings. The van der Waals surface area contributed by atoms with Crippen LogP contribution >= 0.6 is 31.9 Å². The predicted octanol–water partition coefficient (Wildman–Crippen LogP) is 6.20. The lowest BCUT2D eigenvalue weighted by Crippen LogP contribution is -2.30. The number of aryl methyl sites for hydroxylation is 1. The molecule has 8 heteroatoms. The van der Waals surface area contributed by atoms with E-state index in [0.29, 0.717) is 28.1 Å². The summed E-state index contributed by atoms with van der Waals surface area (Å²) in [6.07, 6.45) is 1.63. The second-order valence-corrected chi connectivity index (χ2v) is 9.58. The van der Waals surface area contributed by atoms with Gasteiger partial charge in [-0.25, -0.2) is 4.79 Å². The number of halogens is 2. The lowest BCUT2D eigenvalue weighted by molar-refractivity contribution is -0.123. The maximum atomic E-state index is 12.9. The number of hydrogen-bond acceptors (Lipinski definition) is 4. The van der Waals surface area contributed by atoms with Gasteiger partial charge in [-0.1, -0.05) is 73.8 Å². The number of hydrogen-bond donors (Lipinski definition) is 1. The summed E-state index contributed by atoms with van der Waals surface area (Å²) in [7, 11) is 1.55. The van der Waals surface area contributed by atoms with Crippen molar-refractivity contribution < 1.29 is 19.1 Å². The molecule has 34 heavy (non-hydrogen) atoms. The third-order valence-electron chi connectivity index (χ3n) is 5.28. The second-order valence-electron chi connectivity index (χ2n) is 7.81. The number of imide groups is 1. The van der Waals surface area contributed by atoms with E-state index in [0.717, 1.165) is 21.2 Å². The highest BCUT2D eigenvalue weighted by Gasteiger charge is 2.33. The third-order valence-corrected chi connectivity index (χ3v) is 6.49. The molecule has 1 heterocycles. The van der Waals surface area contributed by atoms with Crippen LogP contribution in [0.5, 0.6) is 11.5 Å². The van der Waals surface area contributed by atoms with Gasteiger partial charge in [-0.3, -0.25) is 9.69 Å². The van der Waals surface area contributed by atoms with Crippen molar-refractivity contribution in [2.45, 2.75) is 20.1 Å². The van der Waals surface area contributed by atoms with Gasteiger partial charge in [-0.2, -0.15) is 0 Å². The van der Waals surface area contributed by atoms with Gasteiger partial charge in [-0.05, 0) is 54.0 Å². The maximum Gasteiger partial charge on any atom is 0.329 e. The summed E-state index contributed by atoms with van der Waals surface area (Å²) in [5.74, 6) is 0.691. The molecule has 0 saturated carbocycles. The van der Waals surface area contributed by atoms with E-state index in [1.165, 1.54) is 4.90 Å². The summed E-state index contributed by atoms with van der Waals surface area (Å²) in [5, 5.41) is 2.67. The van der Waals surface area contributed by atoms with Crippen molar-refractivity contribution in [3.63, 3.8) is 0 Å². The highest BCUT2D eigenvalue weighted by molar-refractivity contribution is 9.10. The van der Waals surface area contributed by atoms with E-state index in [2.05, 4.69) is 37.2 Å². The van der Waals surface area contributed by atoms with Crippen LogP contribution in [0.4, 0.5) is 4.79 Å². The lowest BCUT2D eigenvalue weighted by atomic mass is 10.1. The number of methoxy groups -OCH3 is 1. The van der Waals surface area contributed by atoms with Gasteiger partial charge in [0, 0.05) is 8.95 Å². The Kier molecular flexibility index (Phi) is 7.38. The Labute approximate surface area is 214 Å². The number of carbonyl (C=O) groups excluding carboxylic acids is 2. The number of ether oxygens (including phenoxy) is 2. The molecule has 1 saturated heterocycles. The standard InChI is InChI=1S/C26H22Br2N2O4/c1-16-4-3-5-18(10-16)14-30-25(31)22(29-26(30)32)11-19-12-23(33-2)24(13-21(19)28)34-15-17-6-8-20(27)9-7-17/h3-13H,14-15H2,1-2H3,(H,29,32)/b22-11+. The molecule has 0 bridgehead atoms. The molecule has 3 aromatic rings. The van der Waals surface area contributed by atoms with Gasteiger partial charge in [0.1, 0.15) is 12.3 Å². The molecule has 0 atom stereocenters. The Hall–Kier alpha value is -3.10. The van der Waals surface area contributed by atoms with E-state index in [4.69, 9.17) is 9.47 Å². The van der Waals surface area contributed by atoms with Crippen molar-refractivity contribution >= 4 is 49.9 Å². The van der Waals surface area contributed by atoms with Crippen LogP contribution in [0.3, 0.4) is 0 Å². The number of nitrogens with one attached hydrogen (secondary N) is 1. The average molecular weight is 586 g/mol. The summed E-state index contributed by atoms with van der Waals surface area (Å²) >= 11 is 6.96. The van der Waals surface area contributed by atoms with Crippen molar-refractivity contribution in [3.8, 4) is 11.5 Å². The molecule has 3 amide bonds. The Morgan fingerprint density at radius 1 is 0.971 bits per heavy atom. The molecule has 1 aliphatic heterocycles. The van der Waals surface area contributed by atoms with Gasteiger partial charge in [0.2, 0.25) is 0 Å². The summed E-state index contributed by atoms with van der Waals surface area (Å²) in [6, 6.07) is 18.7. The Balaban J connectivity index is 1.53. The zero-order valence-corrected chi connectivity index (χ0v) is 21.8. The number of rotatable bonds is 7. The molecule has 0 radical (unpaired) electrons. The molecule has 1 N–H and O–H groups in total. The second kappa shape index (κ2) is 10.4. The van der Waals surface area contributed by atoms with Crippen molar-refractivity contribution in [2.24, 2.45) is 0 Å². The van der Waals surface area contributed by atoms with Crippen molar-refractivity contribution in [2.75, 3.05) is 7.11 Å². The first-order valence-electron chi connectivity index (χ1n) is 10.5. The molecule has 6 nitrogen and oxygen atoms in total. The minimum Gasteiger partial charge on any atom is -0.493 e. The monoisotopic (exact) mass is 584 g/mol. The number of benzene rings is 3. The molecule has 0 aromatic heterocycles. The molecule has 0 unspecified atom stereocenters. The van der Waals surface area contributed by atoms with Crippen LogP contribution in [0.25, 0.3) is 6.08 Å². The van der Waals surface area contributed by atoms with Crippen molar-refractivity contribution in [1.82, 2.24) is 10.2 Å². The normalized spacial score (nSPS) is 14.5. The largest absolute Gasteiger partial charge is 0.493 e. The number of carbonyl (C=O) groups is 2. The third kappa shape index (κ3) is 5.51. The molecule has 0 aliphatic carbocycles. The minimum atomic E-state index is -0.449. The van der Waals surface area contributed by atoms with E-state index in [1.807, 2.05) is 55.5 Å². The Morgan fingerprint density at radius 3 is 2.44 bits per heavy atom. The zero-order chi connectivity index (χ0) is 24.2. The van der Waals surface area contributed by atoms with Gasteiger partial charge in [0.15, 0.2) is 11.5 Å². The molecule has 3 aromatic carbocycles. The van der Waals surface area contributed by atoms with Crippen molar-refractivity contribution in [1.29, 1.82) is 0 Å². The van der Waals surface area contributed by atoms with E-state index in [-0.39, 0.29) is 18.1 Å². The fourth-order valence-electron chi connectivity index (χ4n) is 3.54. The van der Waals surface area contributed by atoms with Gasteiger partial charge < -0.3 is 14.8 Å². The highest BCUT2D eigenvalue weighted by atomic mass is 79.9. The zero-order valence-electron chi connectivity index (χ0n) is 18.6. The smallest absolute Gasteiger partial charge is 0.329 e. The van der Waals surface area contributed by atoms with Crippen LogP contribution in [-0.4, -0.2) is 23.9 Å². The average Bonchev–Trinajstić information content (AvgIpc) is 3.07. The van der Waals surface area contributed by atoms with E-state index < -0.39 is 6.03 Å². The molecular weight excluding hydrogens is 564 g/mol. The van der Waals surface area contributed by atoms with Crippen LogP contribution in [0.1, 0.15) is 22.3 Å². The van der Waals surface area contributed by atoms with Crippen molar-refractivity contribution in [3.05, 3.63) is 97.6 Å². The van der Waals surface area contributed by atoms with E-state index in [9.17, 15) is 9.59 Å². The molecule has 4 rings (SSSR count). The number of urea groups is 1. The summed E-state index contributed by atoms with van der Waals surface area (Å²) in [5.41, 5.74) is 3.84. The summed E-state index contributed by atoms with van der Waals surface area (Å²) in [4.78, 5) is 26.6. The first-order valence-corrected chi connectivity index (χ1v) is 12.1. The predicted molar refractivity (Wildman–Crippen MR) is 137 cm³/mol. The van der Waals surface area contributed by atoms with Gasteiger partial charge >= 0.3 is 6.03 Å².